The molecule has 0 atom stereocenters. The van der Waals surface area contributed by atoms with Crippen LogP contribution in [0.2, 0.25) is 0 Å². The van der Waals surface area contributed by atoms with Gasteiger partial charge in [-0.3, -0.25) is 0 Å². The molecule has 0 aromatic heterocycles. The van der Waals surface area contributed by atoms with Crippen molar-refractivity contribution in [1.82, 2.24) is 0 Å². The number of allylic oxidation sites excluding steroid dienone is 1. The monoisotopic (exact) mass is 307 g/mol. The lowest BCUT2D eigenvalue weighted by Gasteiger charge is -2.16. The highest BCUT2D eigenvalue weighted by atomic mass is 16.5. The molecule has 0 amide bonds. The first-order valence-corrected chi connectivity index (χ1v) is 7.44. The van der Waals surface area contributed by atoms with Crippen molar-refractivity contribution >= 4 is 5.69 Å². The first kappa shape index (κ1) is 16.5. The van der Waals surface area contributed by atoms with Gasteiger partial charge in [-0.25, -0.2) is 0 Å². The first-order valence-electron chi connectivity index (χ1n) is 7.44. The highest BCUT2D eigenvalue weighted by Gasteiger charge is 2.12. The lowest BCUT2D eigenvalue weighted by Crippen LogP contribution is -2.04. The minimum absolute atomic E-state index is 0.210. The van der Waals surface area contributed by atoms with Gasteiger partial charge in [0.15, 0.2) is 11.5 Å². The van der Waals surface area contributed by atoms with E-state index in [-0.39, 0.29) is 6.61 Å². The molecule has 0 unspecified atom stereocenters. The van der Waals surface area contributed by atoms with E-state index in [0.29, 0.717) is 24.5 Å². The van der Waals surface area contributed by atoms with Crippen LogP contribution in [-0.2, 0) is 13.0 Å². The molecule has 3 nitrogen and oxygen atoms in total. The Morgan fingerprint density at radius 2 is 2.04 bits per heavy atom. The number of methoxy groups -OCH3 is 1. The highest BCUT2D eigenvalue weighted by molar-refractivity contribution is 5.52. The molecule has 0 heterocycles. The van der Waals surface area contributed by atoms with Crippen molar-refractivity contribution in [2.45, 2.75) is 13.0 Å². The molecule has 118 valence electrons. The number of rotatable bonds is 8. The summed E-state index contributed by atoms with van der Waals surface area (Å²) in [6.45, 7) is 4.71. The van der Waals surface area contributed by atoms with E-state index in [1.54, 1.807) is 7.11 Å². The molecule has 0 radical (unpaired) electrons. The SMILES string of the molecule is C#CCOc1c(CC=C)cc(CNc2ccccc2)cc1OC. The third kappa shape index (κ3) is 4.55. The fraction of sp³-hybridized carbons (Fsp3) is 0.200. The fourth-order valence-electron chi connectivity index (χ4n) is 2.32. The van der Waals surface area contributed by atoms with E-state index in [4.69, 9.17) is 15.9 Å². The zero-order valence-corrected chi connectivity index (χ0v) is 13.3. The number of ether oxygens (including phenoxy) is 2. The molecule has 2 rings (SSSR count). The van der Waals surface area contributed by atoms with Gasteiger partial charge in [0, 0.05) is 17.8 Å². The largest absolute Gasteiger partial charge is 0.493 e. The van der Waals surface area contributed by atoms with Gasteiger partial charge in [-0.2, -0.15) is 0 Å². The normalized spacial score (nSPS) is 9.74. The smallest absolute Gasteiger partial charge is 0.166 e. The zero-order chi connectivity index (χ0) is 16.5. The lowest BCUT2D eigenvalue weighted by atomic mass is 10.1. The van der Waals surface area contributed by atoms with Crippen LogP contribution < -0.4 is 14.8 Å². The molecular formula is C20H21NO2. The minimum atomic E-state index is 0.210. The van der Waals surface area contributed by atoms with E-state index < -0.39 is 0 Å². The van der Waals surface area contributed by atoms with Gasteiger partial charge in [-0.15, -0.1) is 13.0 Å². The quantitative estimate of drug-likeness (QED) is 0.589. The number of para-hydroxylation sites is 1. The van der Waals surface area contributed by atoms with Crippen LogP contribution >= 0.6 is 0 Å². The molecule has 0 spiro atoms. The standard InChI is InChI=1S/C20H21NO2/c1-4-9-17-13-16(15-21-18-10-7-6-8-11-18)14-19(22-3)20(17)23-12-5-2/h2,4,6-8,10-11,13-14,21H,1,9,12,15H2,3H3. The number of terminal acetylenes is 1. The van der Waals surface area contributed by atoms with E-state index in [1.807, 2.05) is 42.5 Å². The summed E-state index contributed by atoms with van der Waals surface area (Å²) < 4.78 is 11.1. The van der Waals surface area contributed by atoms with E-state index in [2.05, 4.69) is 23.9 Å². The Labute approximate surface area is 137 Å². The van der Waals surface area contributed by atoms with Gasteiger partial charge in [-0.1, -0.05) is 30.2 Å². The Bertz CT molecular complexity index is 687. The second-order valence-corrected chi connectivity index (χ2v) is 4.99. The van der Waals surface area contributed by atoms with Crippen LogP contribution in [0.3, 0.4) is 0 Å². The molecular weight excluding hydrogens is 286 g/mol. The van der Waals surface area contributed by atoms with Crippen molar-refractivity contribution in [1.29, 1.82) is 0 Å². The number of hydrogen-bond donors (Lipinski definition) is 1. The number of nitrogens with one attached hydrogen (secondary N) is 1. The summed E-state index contributed by atoms with van der Waals surface area (Å²) in [7, 11) is 1.63. The molecule has 2 aromatic rings. The minimum Gasteiger partial charge on any atom is -0.493 e. The van der Waals surface area contributed by atoms with Crippen molar-refractivity contribution in [3.63, 3.8) is 0 Å². The Balaban J connectivity index is 2.24. The van der Waals surface area contributed by atoms with Crippen molar-refractivity contribution in [3.05, 3.63) is 66.2 Å². The zero-order valence-electron chi connectivity index (χ0n) is 13.3. The van der Waals surface area contributed by atoms with Gasteiger partial charge in [0.05, 0.1) is 7.11 Å². The summed E-state index contributed by atoms with van der Waals surface area (Å²) in [5, 5.41) is 3.39. The Hall–Kier alpha value is -2.86. The van der Waals surface area contributed by atoms with E-state index in [1.165, 1.54) is 0 Å². The van der Waals surface area contributed by atoms with Crippen LogP contribution in [0, 0.1) is 12.3 Å². The third-order valence-corrected chi connectivity index (χ3v) is 3.35. The summed E-state index contributed by atoms with van der Waals surface area (Å²) in [6, 6.07) is 14.1. The molecule has 23 heavy (non-hydrogen) atoms. The molecule has 3 heteroatoms. The van der Waals surface area contributed by atoms with Gasteiger partial charge in [0.25, 0.3) is 0 Å². The van der Waals surface area contributed by atoms with Gasteiger partial charge in [-0.05, 0) is 36.2 Å². The summed E-state index contributed by atoms with van der Waals surface area (Å²) in [4.78, 5) is 0. The molecule has 0 fully saturated rings. The van der Waals surface area contributed by atoms with Crippen LogP contribution in [0.4, 0.5) is 5.69 Å². The molecule has 0 saturated heterocycles. The number of benzene rings is 2. The summed E-state index contributed by atoms with van der Waals surface area (Å²) in [6.07, 6.45) is 7.82. The average molecular weight is 307 g/mol. The molecule has 1 N–H and O–H groups in total. The first-order chi connectivity index (χ1) is 11.3. The van der Waals surface area contributed by atoms with Crippen LogP contribution in [-0.4, -0.2) is 13.7 Å². The Morgan fingerprint density at radius 1 is 1.26 bits per heavy atom. The molecule has 0 saturated carbocycles. The van der Waals surface area contributed by atoms with E-state index in [0.717, 1.165) is 16.8 Å². The van der Waals surface area contributed by atoms with Crippen LogP contribution in [0.5, 0.6) is 11.5 Å². The summed E-state index contributed by atoms with van der Waals surface area (Å²) >= 11 is 0. The number of hydrogen-bond acceptors (Lipinski definition) is 3. The van der Waals surface area contributed by atoms with Gasteiger partial charge in [0.2, 0.25) is 0 Å². The molecule has 0 aliphatic heterocycles. The van der Waals surface area contributed by atoms with Crippen molar-refractivity contribution in [3.8, 4) is 23.8 Å². The van der Waals surface area contributed by atoms with Gasteiger partial charge < -0.3 is 14.8 Å². The summed E-state index contributed by atoms with van der Waals surface area (Å²) in [5.74, 6) is 3.86. The highest BCUT2D eigenvalue weighted by Crippen LogP contribution is 2.33. The van der Waals surface area contributed by atoms with Gasteiger partial charge in [0.1, 0.15) is 6.61 Å². The Kier molecular flexibility index (Phi) is 6.14. The van der Waals surface area contributed by atoms with Crippen molar-refractivity contribution in [2.75, 3.05) is 19.0 Å². The average Bonchev–Trinajstić information content (AvgIpc) is 2.59. The van der Waals surface area contributed by atoms with E-state index in [9.17, 15) is 0 Å². The Morgan fingerprint density at radius 3 is 2.70 bits per heavy atom. The topological polar surface area (TPSA) is 30.5 Å². The molecule has 0 bridgehead atoms. The predicted molar refractivity (Wildman–Crippen MR) is 95.0 cm³/mol. The van der Waals surface area contributed by atoms with E-state index >= 15 is 0 Å². The second kappa shape index (κ2) is 8.55. The second-order valence-electron chi connectivity index (χ2n) is 4.99. The van der Waals surface area contributed by atoms with Crippen molar-refractivity contribution < 1.29 is 9.47 Å². The summed E-state index contributed by atoms with van der Waals surface area (Å²) in [5.41, 5.74) is 3.19. The fourth-order valence-corrected chi connectivity index (χ4v) is 2.32. The number of anilines is 1. The van der Waals surface area contributed by atoms with Crippen LogP contribution in [0.1, 0.15) is 11.1 Å². The maximum atomic E-state index is 5.65. The molecule has 2 aromatic carbocycles. The van der Waals surface area contributed by atoms with Gasteiger partial charge >= 0.3 is 0 Å². The van der Waals surface area contributed by atoms with Crippen molar-refractivity contribution in [2.24, 2.45) is 0 Å². The predicted octanol–water partition coefficient (Wildman–Crippen LogP) is 4.05. The third-order valence-electron chi connectivity index (χ3n) is 3.35. The molecule has 0 aliphatic rings. The molecule has 0 aliphatic carbocycles. The lowest BCUT2D eigenvalue weighted by molar-refractivity contribution is 0.328. The maximum Gasteiger partial charge on any atom is 0.166 e. The van der Waals surface area contributed by atoms with Crippen LogP contribution in [0.15, 0.2) is 55.1 Å². The maximum absolute atomic E-state index is 5.65. The van der Waals surface area contributed by atoms with Crippen LogP contribution in [0.25, 0.3) is 0 Å².